The van der Waals surface area contributed by atoms with E-state index in [1.807, 2.05) is 48.8 Å². The van der Waals surface area contributed by atoms with E-state index in [9.17, 15) is 43.7 Å². The van der Waals surface area contributed by atoms with Crippen molar-refractivity contribution in [3.8, 4) is 0 Å². The molecule has 0 spiro atoms. The molecule has 0 aromatic heterocycles. The van der Waals surface area contributed by atoms with Crippen molar-refractivity contribution in [2.75, 3.05) is 64.4 Å². The summed E-state index contributed by atoms with van der Waals surface area (Å²) in [6.45, 7) is 6.38. The van der Waals surface area contributed by atoms with Crippen LogP contribution in [0.25, 0.3) is 0 Å². The first kappa shape index (κ1) is 50.6. The first-order valence-electron chi connectivity index (χ1n) is 20.3. The molecule has 0 aliphatic carbocycles. The Morgan fingerprint density at radius 2 is 1.42 bits per heavy atom. The first-order valence-corrected chi connectivity index (χ1v) is 24.8. The van der Waals surface area contributed by atoms with Gasteiger partial charge in [0.1, 0.15) is 6.54 Å². The van der Waals surface area contributed by atoms with Crippen LogP contribution in [0.3, 0.4) is 0 Å². The molecule has 62 heavy (non-hydrogen) atoms. The Balaban J connectivity index is 1.65. The summed E-state index contributed by atoms with van der Waals surface area (Å²) in [5, 5.41) is 9.10. The fraction of sp³-hybridized carbons (Fsp3) is 0.488. The average molecular weight is 924 g/mol. The van der Waals surface area contributed by atoms with E-state index >= 15 is 0 Å². The predicted octanol–water partition coefficient (Wildman–Crippen LogP) is 6.27. The third kappa shape index (κ3) is 13.2. The van der Waals surface area contributed by atoms with E-state index < -0.39 is 52.9 Å². The van der Waals surface area contributed by atoms with Gasteiger partial charge in [-0.25, -0.2) is 0 Å². The van der Waals surface area contributed by atoms with Crippen molar-refractivity contribution in [3.63, 3.8) is 0 Å². The zero-order chi connectivity index (χ0) is 45.8. The lowest BCUT2D eigenvalue weighted by Crippen LogP contribution is -2.32. The van der Waals surface area contributed by atoms with Gasteiger partial charge in [0.25, 0.3) is 30.4 Å². The summed E-state index contributed by atoms with van der Waals surface area (Å²) < 4.78 is 120. The minimum Gasteiger partial charge on any atom is -0.481 e. The molecular formula is C43H59N2O14S3+. The molecule has 2 aliphatic rings. The maximum atomic E-state index is 12.2. The van der Waals surface area contributed by atoms with Crippen molar-refractivity contribution < 1.29 is 67.6 Å². The Morgan fingerprint density at radius 1 is 0.758 bits per heavy atom. The number of benzene rings is 2. The van der Waals surface area contributed by atoms with Crippen molar-refractivity contribution in [1.82, 2.24) is 0 Å². The lowest BCUT2D eigenvalue weighted by Gasteiger charge is -2.30. The van der Waals surface area contributed by atoms with Gasteiger partial charge in [-0.2, -0.15) is 29.8 Å². The van der Waals surface area contributed by atoms with E-state index in [0.717, 1.165) is 22.7 Å². The maximum absolute atomic E-state index is 12.2. The van der Waals surface area contributed by atoms with Gasteiger partial charge in [-0.1, -0.05) is 36.5 Å². The summed E-state index contributed by atoms with van der Waals surface area (Å²) in [6.07, 6.45) is 16.2. The van der Waals surface area contributed by atoms with Crippen LogP contribution in [0.5, 0.6) is 0 Å². The van der Waals surface area contributed by atoms with E-state index in [1.54, 1.807) is 32.4 Å². The zero-order valence-corrected chi connectivity index (χ0v) is 38.1. The van der Waals surface area contributed by atoms with E-state index in [4.69, 9.17) is 19.3 Å². The number of carboxylic acids is 1. The third-order valence-electron chi connectivity index (χ3n) is 11.2. The van der Waals surface area contributed by atoms with E-state index in [1.165, 1.54) is 24.3 Å². The Morgan fingerprint density at radius 3 is 2.06 bits per heavy atom. The number of fused-ring (bicyclic) bond motifs is 2. The average Bonchev–Trinajstić information content (AvgIpc) is 3.56. The second-order valence-electron chi connectivity index (χ2n) is 15.6. The molecule has 0 fully saturated rings. The second-order valence-corrected chi connectivity index (χ2v) is 20.0. The highest BCUT2D eigenvalue weighted by atomic mass is 32.2. The van der Waals surface area contributed by atoms with Crippen LogP contribution in [0, 0.1) is 0 Å². The number of methoxy groups -OCH3 is 2. The van der Waals surface area contributed by atoms with Crippen molar-refractivity contribution in [3.05, 3.63) is 95.8 Å². The molecule has 2 aliphatic heterocycles. The third-order valence-corrected chi connectivity index (χ3v) is 13.7. The van der Waals surface area contributed by atoms with E-state index in [0.29, 0.717) is 82.9 Å². The van der Waals surface area contributed by atoms with Crippen molar-refractivity contribution in [2.45, 2.75) is 85.8 Å². The van der Waals surface area contributed by atoms with Gasteiger partial charge in [0.2, 0.25) is 5.69 Å². The van der Waals surface area contributed by atoms with Crippen LogP contribution in [0.2, 0.25) is 0 Å². The molecule has 0 bridgehead atoms. The molecule has 4 rings (SSSR count). The lowest BCUT2D eigenvalue weighted by molar-refractivity contribution is -0.438. The number of rotatable bonds is 26. The molecule has 16 nitrogen and oxygen atoms in total. The number of hydrogen-bond acceptors (Lipinski definition) is 11. The number of unbranched alkanes of at least 4 members (excludes halogenated alkanes) is 2. The number of ether oxygens (including phenoxy) is 3. The van der Waals surface area contributed by atoms with Gasteiger partial charge in [0.15, 0.2) is 5.71 Å². The normalized spacial score (nSPS) is 20.1. The van der Waals surface area contributed by atoms with Gasteiger partial charge in [-0.3, -0.25) is 18.5 Å². The fourth-order valence-corrected chi connectivity index (χ4v) is 9.62. The van der Waals surface area contributed by atoms with Crippen molar-refractivity contribution >= 4 is 53.4 Å². The quantitative estimate of drug-likeness (QED) is 0.0352. The summed E-state index contributed by atoms with van der Waals surface area (Å²) >= 11 is 0. The minimum absolute atomic E-state index is 0.0226. The van der Waals surface area contributed by atoms with Gasteiger partial charge in [-0.15, -0.1) is 0 Å². The number of anilines is 1. The van der Waals surface area contributed by atoms with Crippen LogP contribution in [-0.2, 0) is 60.2 Å². The summed E-state index contributed by atoms with van der Waals surface area (Å²) in [7, 11) is -10.1. The molecule has 2 unspecified atom stereocenters. The zero-order valence-electron chi connectivity index (χ0n) is 35.6. The molecule has 0 radical (unpaired) electrons. The fourth-order valence-electron chi connectivity index (χ4n) is 8.10. The summed E-state index contributed by atoms with van der Waals surface area (Å²) in [5.41, 5.74) is 2.79. The second kappa shape index (κ2) is 22.0. The molecule has 0 saturated heterocycles. The Bertz CT molecular complexity index is 2410. The summed E-state index contributed by atoms with van der Waals surface area (Å²) in [6, 6.07) is 8.87. The van der Waals surface area contributed by atoms with Crippen LogP contribution in [0.4, 0.5) is 11.4 Å². The highest BCUT2D eigenvalue weighted by molar-refractivity contribution is 7.86. The molecular weight excluding hydrogens is 865 g/mol. The number of hydrogen-bond donors (Lipinski definition) is 4. The smallest absolute Gasteiger partial charge is 0.303 e. The monoisotopic (exact) mass is 923 g/mol. The predicted molar refractivity (Wildman–Crippen MR) is 235 cm³/mol. The molecule has 2 aromatic carbocycles. The Hall–Kier alpha value is -4.05. The molecule has 2 aromatic rings. The minimum atomic E-state index is -4.58. The van der Waals surface area contributed by atoms with Gasteiger partial charge < -0.3 is 24.2 Å². The molecule has 342 valence electrons. The SMILES string of the molecule is COCCOCCC1(C)/C(=C\C/C=C/C=C/C=C/C2=[N+](CCCCCC(=O)O)c3ccc(S(=O)(=O)O)cc3C2(C)CCCS(=O)(=O)O)N(CCOC)c2ccc(S(=O)(=O)O)cc21. The van der Waals surface area contributed by atoms with Crippen LogP contribution >= 0.6 is 0 Å². The number of aliphatic carboxylic acids is 1. The van der Waals surface area contributed by atoms with Crippen molar-refractivity contribution in [1.29, 1.82) is 0 Å². The number of carbonyl (C=O) groups is 1. The highest BCUT2D eigenvalue weighted by Gasteiger charge is 2.48. The highest BCUT2D eigenvalue weighted by Crippen LogP contribution is 2.51. The van der Waals surface area contributed by atoms with Crippen LogP contribution < -0.4 is 4.90 Å². The molecule has 2 heterocycles. The first-order chi connectivity index (χ1) is 29.2. The van der Waals surface area contributed by atoms with Crippen molar-refractivity contribution in [2.24, 2.45) is 0 Å². The number of nitrogens with zero attached hydrogens (tertiary/aromatic N) is 2. The van der Waals surface area contributed by atoms with Gasteiger partial charge >= 0.3 is 5.97 Å². The van der Waals surface area contributed by atoms with E-state index in [-0.39, 0.29) is 29.1 Å². The Kier molecular flexibility index (Phi) is 18.0. The molecule has 19 heteroatoms. The summed E-state index contributed by atoms with van der Waals surface area (Å²) in [4.78, 5) is 12.7. The van der Waals surface area contributed by atoms with Gasteiger partial charge in [0.05, 0.1) is 40.8 Å². The molecule has 0 saturated carbocycles. The maximum Gasteiger partial charge on any atom is 0.303 e. The Labute approximate surface area is 365 Å². The summed E-state index contributed by atoms with van der Waals surface area (Å²) in [5.74, 6) is -1.40. The van der Waals surface area contributed by atoms with Gasteiger partial charge in [0, 0.05) is 74.7 Å². The number of allylic oxidation sites excluding steroid dienone is 8. The lowest BCUT2D eigenvalue weighted by atomic mass is 9.76. The van der Waals surface area contributed by atoms with Crippen LogP contribution in [0.15, 0.2) is 94.4 Å². The largest absolute Gasteiger partial charge is 0.481 e. The standard InChI is InChI=1S/C43H58N2O14S3/c1-42(22-14-30-60(48,49)50)35-31-33(61(51,52)53)18-20-37(35)44(24-13-9-12-17-41(46)47)39(42)15-10-7-5-6-8-11-16-40-43(2,23-26-59-29-28-58-4)36-32-34(62(54,55)56)19-21-38(36)45(40)25-27-57-3/h5-8,10,15-16,18-21,31-32H,9,11-14,17,22-30H2,1-4H3,(H3-,46,47,48,49,50,51,52,53,54,55,56)/p+1/b7-5+,8-6+,15-10+,40-16+. The van der Waals surface area contributed by atoms with E-state index in [2.05, 4.69) is 11.0 Å². The van der Waals surface area contributed by atoms with Crippen LogP contribution in [0.1, 0.15) is 76.3 Å². The molecule has 2 atom stereocenters. The topological polar surface area (TPSA) is 234 Å². The number of carboxylic acid groups (broad SMARTS) is 1. The molecule has 0 amide bonds. The van der Waals surface area contributed by atoms with Crippen LogP contribution in [-0.4, -0.2) is 120 Å². The molecule has 4 N–H and O–H groups in total. The van der Waals surface area contributed by atoms with Gasteiger partial charge in [-0.05, 0) is 88.3 Å².